The molecule has 1 saturated heterocycles. The highest BCUT2D eigenvalue weighted by Gasteiger charge is 2.16. The van der Waals surface area contributed by atoms with Crippen molar-refractivity contribution in [2.45, 2.75) is 6.54 Å². The Balaban J connectivity index is 1.42. The van der Waals surface area contributed by atoms with Crippen LogP contribution in [-0.2, 0) is 6.54 Å². The number of hydrogen-bond acceptors (Lipinski definition) is 6. The third-order valence-corrected chi connectivity index (χ3v) is 4.93. The molecule has 7 nitrogen and oxygen atoms in total. The molecular formula is C20H24N6O. The van der Waals surface area contributed by atoms with Gasteiger partial charge in [0.2, 0.25) is 0 Å². The summed E-state index contributed by atoms with van der Waals surface area (Å²) in [5.74, 6) is 0.758. The second-order valence-electron chi connectivity index (χ2n) is 6.79. The van der Waals surface area contributed by atoms with Gasteiger partial charge >= 0.3 is 0 Å². The lowest BCUT2D eigenvalue weighted by Gasteiger charge is -2.34. The van der Waals surface area contributed by atoms with Crippen LogP contribution in [0.15, 0.2) is 55.1 Å². The Kier molecular flexibility index (Phi) is 5.53. The van der Waals surface area contributed by atoms with E-state index in [1.807, 2.05) is 22.9 Å². The van der Waals surface area contributed by atoms with E-state index in [0.29, 0.717) is 0 Å². The maximum atomic E-state index is 9.06. The van der Waals surface area contributed by atoms with Crippen LogP contribution in [0.3, 0.4) is 0 Å². The Hall–Kier alpha value is -2.61. The number of piperazine rings is 1. The molecule has 4 rings (SSSR count). The van der Waals surface area contributed by atoms with E-state index in [0.717, 1.165) is 56.3 Å². The number of aromatic nitrogens is 4. The van der Waals surface area contributed by atoms with Crippen LogP contribution in [0.4, 0.5) is 0 Å². The topological polar surface area (TPSA) is 70.3 Å². The quantitative estimate of drug-likeness (QED) is 0.714. The molecule has 0 amide bonds. The molecule has 1 aromatic carbocycles. The molecule has 3 heterocycles. The molecule has 1 N–H and O–H groups in total. The van der Waals surface area contributed by atoms with Gasteiger partial charge in [0.1, 0.15) is 6.33 Å². The van der Waals surface area contributed by atoms with Gasteiger partial charge in [-0.1, -0.05) is 18.2 Å². The van der Waals surface area contributed by atoms with Gasteiger partial charge in [-0.15, -0.1) is 10.2 Å². The van der Waals surface area contributed by atoms with Gasteiger partial charge in [0.25, 0.3) is 0 Å². The second-order valence-corrected chi connectivity index (χ2v) is 6.79. The SMILES string of the molecule is OCCN1CCN(Cc2cccc(-c3ccc(-n4ccnc4)nn3)c2)CC1. The maximum absolute atomic E-state index is 9.06. The van der Waals surface area contributed by atoms with Crippen LogP contribution in [0.1, 0.15) is 5.56 Å². The zero-order valence-corrected chi connectivity index (χ0v) is 15.3. The smallest absolute Gasteiger partial charge is 0.160 e. The highest BCUT2D eigenvalue weighted by atomic mass is 16.3. The second kappa shape index (κ2) is 8.39. The molecule has 0 saturated carbocycles. The molecule has 0 atom stereocenters. The highest BCUT2D eigenvalue weighted by molar-refractivity contribution is 5.59. The zero-order chi connectivity index (χ0) is 18.5. The van der Waals surface area contributed by atoms with Gasteiger partial charge in [-0.05, 0) is 23.8 Å². The zero-order valence-electron chi connectivity index (χ0n) is 15.3. The third-order valence-electron chi connectivity index (χ3n) is 4.93. The van der Waals surface area contributed by atoms with Crippen LogP contribution >= 0.6 is 0 Å². The first-order valence-electron chi connectivity index (χ1n) is 9.29. The lowest BCUT2D eigenvalue weighted by atomic mass is 10.1. The molecule has 7 heteroatoms. The molecule has 2 aromatic heterocycles. The number of nitrogens with zero attached hydrogens (tertiary/aromatic N) is 6. The number of benzene rings is 1. The van der Waals surface area contributed by atoms with Crippen molar-refractivity contribution in [3.05, 3.63) is 60.7 Å². The molecule has 1 aliphatic rings. The Morgan fingerprint density at radius 1 is 0.963 bits per heavy atom. The standard InChI is InChI=1S/C20H24N6O/c27-13-12-24-8-10-25(11-9-24)15-17-2-1-3-18(14-17)19-4-5-20(23-22-19)26-7-6-21-16-26/h1-7,14,16,27H,8-13,15H2. The minimum absolute atomic E-state index is 0.239. The van der Waals surface area contributed by atoms with Gasteiger partial charge in [-0.2, -0.15) is 0 Å². The Morgan fingerprint density at radius 3 is 2.52 bits per heavy atom. The van der Waals surface area contributed by atoms with Gasteiger partial charge in [-0.3, -0.25) is 14.4 Å². The molecular weight excluding hydrogens is 340 g/mol. The van der Waals surface area contributed by atoms with Crippen LogP contribution < -0.4 is 0 Å². The minimum atomic E-state index is 0.239. The highest BCUT2D eigenvalue weighted by Crippen LogP contribution is 2.20. The normalized spacial score (nSPS) is 15.9. The minimum Gasteiger partial charge on any atom is -0.395 e. The first-order chi connectivity index (χ1) is 13.3. The van der Waals surface area contributed by atoms with Gasteiger partial charge in [0.05, 0.1) is 12.3 Å². The molecule has 0 spiro atoms. The Labute approximate surface area is 158 Å². The molecule has 3 aromatic rings. The number of aliphatic hydroxyl groups excluding tert-OH is 1. The van der Waals surface area contributed by atoms with Crippen molar-refractivity contribution in [3.63, 3.8) is 0 Å². The van der Waals surface area contributed by atoms with Crippen LogP contribution in [0.25, 0.3) is 17.1 Å². The fourth-order valence-corrected chi connectivity index (χ4v) is 3.41. The van der Waals surface area contributed by atoms with Crippen LogP contribution in [-0.4, -0.2) is 74.0 Å². The summed E-state index contributed by atoms with van der Waals surface area (Å²) < 4.78 is 1.84. The van der Waals surface area contributed by atoms with Crippen molar-refractivity contribution in [2.75, 3.05) is 39.3 Å². The largest absolute Gasteiger partial charge is 0.395 e. The number of β-amino-alcohol motifs (C(OH)–C–C–N with tert-alkyl or cyclic N) is 1. The van der Waals surface area contributed by atoms with Gasteiger partial charge in [0, 0.05) is 57.2 Å². The summed E-state index contributed by atoms with van der Waals surface area (Å²) in [6.45, 7) is 6.04. The monoisotopic (exact) mass is 364 g/mol. The summed E-state index contributed by atoms with van der Waals surface area (Å²) in [6.07, 6.45) is 5.29. The molecule has 0 aliphatic carbocycles. The summed E-state index contributed by atoms with van der Waals surface area (Å²) in [5.41, 5.74) is 3.23. The molecule has 27 heavy (non-hydrogen) atoms. The van der Waals surface area contributed by atoms with Gasteiger partial charge in [-0.25, -0.2) is 4.98 Å². The van der Waals surface area contributed by atoms with Crippen LogP contribution in [0, 0.1) is 0 Å². The summed E-state index contributed by atoms with van der Waals surface area (Å²) >= 11 is 0. The third kappa shape index (κ3) is 4.39. The number of hydrogen-bond donors (Lipinski definition) is 1. The van der Waals surface area contributed by atoms with Crippen molar-refractivity contribution in [3.8, 4) is 17.1 Å². The molecule has 1 fully saturated rings. The van der Waals surface area contributed by atoms with Crippen molar-refractivity contribution in [1.29, 1.82) is 0 Å². The number of aliphatic hydroxyl groups is 1. The van der Waals surface area contributed by atoms with Crippen molar-refractivity contribution >= 4 is 0 Å². The van der Waals surface area contributed by atoms with E-state index in [2.05, 4.69) is 49.2 Å². The van der Waals surface area contributed by atoms with Crippen LogP contribution in [0.5, 0.6) is 0 Å². The maximum Gasteiger partial charge on any atom is 0.160 e. The molecule has 0 bridgehead atoms. The van der Waals surface area contributed by atoms with Crippen molar-refractivity contribution in [2.24, 2.45) is 0 Å². The lowest BCUT2D eigenvalue weighted by molar-refractivity contribution is 0.108. The molecule has 1 aliphatic heterocycles. The fourth-order valence-electron chi connectivity index (χ4n) is 3.41. The summed E-state index contributed by atoms with van der Waals surface area (Å²) in [7, 11) is 0. The molecule has 0 radical (unpaired) electrons. The van der Waals surface area contributed by atoms with E-state index in [1.165, 1.54) is 5.56 Å². The Bertz CT molecular complexity index is 841. The van der Waals surface area contributed by atoms with E-state index in [9.17, 15) is 0 Å². The van der Waals surface area contributed by atoms with E-state index in [1.54, 1.807) is 12.5 Å². The van der Waals surface area contributed by atoms with Crippen molar-refractivity contribution in [1.82, 2.24) is 29.5 Å². The molecule has 0 unspecified atom stereocenters. The van der Waals surface area contributed by atoms with Crippen molar-refractivity contribution < 1.29 is 5.11 Å². The number of imidazole rings is 1. The predicted molar refractivity (Wildman–Crippen MR) is 103 cm³/mol. The number of rotatable bonds is 6. The Morgan fingerprint density at radius 2 is 1.81 bits per heavy atom. The summed E-state index contributed by atoms with van der Waals surface area (Å²) in [6, 6.07) is 12.5. The predicted octanol–water partition coefficient (Wildman–Crippen LogP) is 1.44. The van der Waals surface area contributed by atoms with Crippen LogP contribution in [0.2, 0.25) is 0 Å². The molecule has 140 valence electrons. The summed E-state index contributed by atoms with van der Waals surface area (Å²) in [5, 5.41) is 17.7. The van der Waals surface area contributed by atoms with Gasteiger partial charge < -0.3 is 5.11 Å². The summed E-state index contributed by atoms with van der Waals surface area (Å²) in [4.78, 5) is 8.81. The van der Waals surface area contributed by atoms with E-state index >= 15 is 0 Å². The first kappa shape index (κ1) is 17.8. The average molecular weight is 364 g/mol. The fraction of sp³-hybridized carbons (Fsp3) is 0.350. The average Bonchev–Trinajstić information content (AvgIpc) is 3.25. The first-order valence-corrected chi connectivity index (χ1v) is 9.29. The van der Waals surface area contributed by atoms with E-state index in [-0.39, 0.29) is 6.61 Å². The lowest BCUT2D eigenvalue weighted by Crippen LogP contribution is -2.46. The van der Waals surface area contributed by atoms with E-state index in [4.69, 9.17) is 5.11 Å². The van der Waals surface area contributed by atoms with Gasteiger partial charge in [0.15, 0.2) is 5.82 Å². The van der Waals surface area contributed by atoms with E-state index < -0.39 is 0 Å².